The van der Waals surface area contributed by atoms with Crippen LogP contribution in [0.4, 0.5) is 4.39 Å². The first kappa shape index (κ1) is 18.6. The Labute approximate surface area is 175 Å². The number of benzene rings is 2. The summed E-state index contributed by atoms with van der Waals surface area (Å²) in [4.78, 5) is 0. The summed E-state index contributed by atoms with van der Waals surface area (Å²) in [5.41, 5.74) is 2.16. The van der Waals surface area contributed by atoms with E-state index in [9.17, 15) is 13.5 Å². The van der Waals surface area contributed by atoms with Gasteiger partial charge in [-0.05, 0) is 48.8 Å². The Morgan fingerprint density at radius 1 is 1.17 bits per heavy atom. The Hall–Kier alpha value is -2.12. The van der Waals surface area contributed by atoms with Crippen LogP contribution in [0.3, 0.4) is 0 Å². The van der Waals surface area contributed by atoms with E-state index >= 15 is 4.39 Å². The summed E-state index contributed by atoms with van der Waals surface area (Å²) in [5, 5.41) is 10.4. The minimum absolute atomic E-state index is 0.00403. The van der Waals surface area contributed by atoms with Crippen molar-refractivity contribution in [3.63, 3.8) is 0 Å². The van der Waals surface area contributed by atoms with Gasteiger partial charge >= 0.3 is 0 Å². The SMILES string of the molecule is O=S(=O)(Cc1ccccc1)N1CC[C@@]23c4c5ccc(O)c4O[C@@H]2C(F)CCC3[C@@H]1C5. The molecule has 0 radical (unpaired) electrons. The maximum Gasteiger partial charge on any atom is 0.218 e. The predicted molar refractivity (Wildman–Crippen MR) is 110 cm³/mol. The first-order valence-corrected chi connectivity index (χ1v) is 12.2. The Bertz CT molecular complexity index is 1120. The highest BCUT2D eigenvalue weighted by Crippen LogP contribution is 2.64. The van der Waals surface area contributed by atoms with Crippen LogP contribution < -0.4 is 4.74 Å². The zero-order chi connectivity index (χ0) is 20.7. The van der Waals surface area contributed by atoms with Gasteiger partial charge in [0, 0.05) is 23.6 Å². The van der Waals surface area contributed by atoms with E-state index in [1.165, 1.54) is 0 Å². The molecule has 2 fully saturated rings. The van der Waals surface area contributed by atoms with Gasteiger partial charge < -0.3 is 9.84 Å². The van der Waals surface area contributed by atoms with Gasteiger partial charge in [-0.1, -0.05) is 36.4 Å². The molecule has 2 aliphatic carbocycles. The Balaban J connectivity index is 1.45. The lowest BCUT2D eigenvalue weighted by atomic mass is 9.52. The third kappa shape index (κ3) is 2.33. The topological polar surface area (TPSA) is 66.8 Å². The van der Waals surface area contributed by atoms with Crippen LogP contribution in [-0.4, -0.2) is 42.7 Å². The molecule has 2 aromatic rings. The first-order valence-electron chi connectivity index (χ1n) is 10.6. The van der Waals surface area contributed by atoms with Crippen LogP contribution in [0.25, 0.3) is 0 Å². The Morgan fingerprint density at radius 2 is 1.97 bits per heavy atom. The lowest BCUT2D eigenvalue weighted by molar-refractivity contribution is -0.0637. The summed E-state index contributed by atoms with van der Waals surface area (Å²) in [6.45, 7) is 0.359. The van der Waals surface area contributed by atoms with Crippen molar-refractivity contribution in [1.82, 2.24) is 4.31 Å². The molecular formula is C23H24FNO4S. The quantitative estimate of drug-likeness (QED) is 0.813. The van der Waals surface area contributed by atoms with E-state index in [0.717, 1.165) is 16.7 Å². The molecule has 5 nitrogen and oxygen atoms in total. The summed E-state index contributed by atoms with van der Waals surface area (Å²) in [5.74, 6) is 0.458. The van der Waals surface area contributed by atoms with Crippen LogP contribution >= 0.6 is 0 Å². The van der Waals surface area contributed by atoms with Gasteiger partial charge in [0.15, 0.2) is 11.5 Å². The second-order valence-electron chi connectivity index (χ2n) is 9.10. The van der Waals surface area contributed by atoms with Crippen molar-refractivity contribution in [2.75, 3.05) is 6.54 Å². The van der Waals surface area contributed by atoms with Crippen LogP contribution in [0, 0.1) is 5.92 Å². The lowest BCUT2D eigenvalue weighted by Crippen LogP contribution is -2.67. The summed E-state index contributed by atoms with van der Waals surface area (Å²) < 4.78 is 49.6. The molecule has 2 aromatic carbocycles. The van der Waals surface area contributed by atoms with E-state index in [-0.39, 0.29) is 23.5 Å². The van der Waals surface area contributed by atoms with Gasteiger partial charge in [0.1, 0.15) is 12.3 Å². The van der Waals surface area contributed by atoms with Gasteiger partial charge in [0.25, 0.3) is 0 Å². The highest BCUT2D eigenvalue weighted by Gasteiger charge is 2.67. The van der Waals surface area contributed by atoms with Gasteiger partial charge in [0.2, 0.25) is 10.0 Å². The van der Waals surface area contributed by atoms with Crippen LogP contribution in [0.15, 0.2) is 42.5 Å². The molecule has 7 heteroatoms. The normalized spacial score (nSPS) is 34.3. The van der Waals surface area contributed by atoms with Crippen molar-refractivity contribution in [3.8, 4) is 11.5 Å². The van der Waals surface area contributed by atoms with Gasteiger partial charge in [-0.25, -0.2) is 12.8 Å². The molecule has 30 heavy (non-hydrogen) atoms. The van der Waals surface area contributed by atoms with Crippen molar-refractivity contribution in [2.45, 2.75) is 55.2 Å². The number of hydrogen-bond acceptors (Lipinski definition) is 4. The fourth-order valence-corrected chi connectivity index (χ4v) is 8.44. The maximum atomic E-state index is 15.0. The maximum absolute atomic E-state index is 15.0. The minimum atomic E-state index is -3.52. The van der Waals surface area contributed by atoms with Crippen LogP contribution in [-0.2, 0) is 27.6 Å². The molecule has 158 valence electrons. The molecule has 6 rings (SSSR count). The molecule has 1 spiro atoms. The number of ether oxygens (including phenoxy) is 1. The number of hydrogen-bond donors (Lipinski definition) is 1. The zero-order valence-corrected chi connectivity index (χ0v) is 17.3. The van der Waals surface area contributed by atoms with Gasteiger partial charge in [-0.15, -0.1) is 0 Å². The van der Waals surface area contributed by atoms with E-state index < -0.39 is 27.7 Å². The lowest BCUT2D eigenvalue weighted by Gasteiger charge is -2.58. The third-order valence-corrected chi connectivity index (χ3v) is 9.61. The highest BCUT2D eigenvalue weighted by atomic mass is 32.2. The monoisotopic (exact) mass is 429 g/mol. The molecule has 0 amide bonds. The number of piperidine rings is 1. The molecule has 2 aliphatic heterocycles. The van der Waals surface area contributed by atoms with Crippen molar-refractivity contribution in [2.24, 2.45) is 5.92 Å². The smallest absolute Gasteiger partial charge is 0.218 e. The molecule has 2 unspecified atom stereocenters. The van der Waals surface area contributed by atoms with Crippen molar-refractivity contribution >= 4 is 10.0 Å². The second-order valence-corrected chi connectivity index (χ2v) is 11.0. The molecule has 2 bridgehead atoms. The fraction of sp³-hybridized carbons (Fsp3) is 0.478. The summed E-state index contributed by atoms with van der Waals surface area (Å²) in [6.07, 6.45) is 0.362. The number of aromatic hydroxyl groups is 1. The average Bonchev–Trinajstić information content (AvgIpc) is 3.07. The predicted octanol–water partition coefficient (Wildman–Crippen LogP) is 3.30. The largest absolute Gasteiger partial charge is 0.504 e. The zero-order valence-electron chi connectivity index (χ0n) is 16.5. The standard InChI is InChI=1S/C23H24FNO4S/c24-17-8-7-16-18-12-15-6-9-19(26)21-20(15)23(16,22(17)29-21)10-11-25(18)30(27,28)13-14-4-2-1-3-5-14/h1-6,9,16-18,22,26H,7-8,10-13H2/t16?,17?,18-,22+,23+/m0/s1. The van der Waals surface area contributed by atoms with E-state index in [2.05, 4.69) is 0 Å². The van der Waals surface area contributed by atoms with Gasteiger partial charge in [-0.3, -0.25) is 0 Å². The van der Waals surface area contributed by atoms with Crippen LogP contribution in [0.2, 0.25) is 0 Å². The summed E-state index contributed by atoms with van der Waals surface area (Å²) in [6, 6.07) is 12.5. The van der Waals surface area contributed by atoms with Crippen molar-refractivity contribution < 1.29 is 22.7 Å². The van der Waals surface area contributed by atoms with Crippen molar-refractivity contribution in [3.05, 3.63) is 59.2 Å². The van der Waals surface area contributed by atoms with Crippen LogP contribution in [0.5, 0.6) is 11.5 Å². The molecule has 1 saturated carbocycles. The number of halogens is 1. The minimum Gasteiger partial charge on any atom is -0.504 e. The van der Waals surface area contributed by atoms with E-state index in [1.54, 1.807) is 10.4 Å². The molecule has 4 aliphatic rings. The van der Waals surface area contributed by atoms with Gasteiger partial charge in [-0.2, -0.15) is 4.31 Å². The van der Waals surface area contributed by atoms with Crippen molar-refractivity contribution in [1.29, 1.82) is 0 Å². The summed E-state index contributed by atoms with van der Waals surface area (Å²) in [7, 11) is -3.52. The number of nitrogens with zero attached hydrogens (tertiary/aromatic N) is 1. The Morgan fingerprint density at radius 3 is 2.77 bits per heavy atom. The average molecular weight is 430 g/mol. The first-order chi connectivity index (χ1) is 14.4. The third-order valence-electron chi connectivity index (χ3n) is 7.74. The molecule has 1 saturated heterocycles. The molecular weight excluding hydrogens is 405 g/mol. The summed E-state index contributed by atoms with van der Waals surface area (Å²) >= 11 is 0. The fourth-order valence-electron chi connectivity index (χ4n) is 6.66. The Kier molecular flexibility index (Phi) is 3.85. The van der Waals surface area contributed by atoms with Crippen LogP contribution in [0.1, 0.15) is 36.0 Å². The number of sulfonamides is 1. The molecule has 1 N–H and O–H groups in total. The number of rotatable bonds is 3. The highest BCUT2D eigenvalue weighted by molar-refractivity contribution is 7.88. The molecule has 0 aromatic heterocycles. The molecule has 2 heterocycles. The van der Waals surface area contributed by atoms with E-state index in [4.69, 9.17) is 4.74 Å². The van der Waals surface area contributed by atoms with Gasteiger partial charge in [0.05, 0.1) is 5.75 Å². The number of phenols is 1. The van der Waals surface area contributed by atoms with E-state index in [0.29, 0.717) is 38.0 Å². The number of phenolic OH excluding ortho intramolecular Hbond substituents is 1. The second kappa shape index (κ2) is 6.20. The van der Waals surface area contributed by atoms with E-state index in [1.807, 2.05) is 36.4 Å². The number of alkyl halides is 1. The molecule has 5 atom stereocenters.